The molecular weight excluding hydrogens is 582 g/mol. The molecule has 5 rings (SSSR count). The number of aryl methyl sites for hydroxylation is 1. The summed E-state index contributed by atoms with van der Waals surface area (Å²) in [6, 6.07) is 5.51. The number of aromatic hydroxyl groups is 1. The Morgan fingerprint density at radius 3 is 2.80 bits per heavy atom. The van der Waals surface area contributed by atoms with Crippen molar-refractivity contribution < 1.29 is 29.9 Å². The number of fused-ring (bicyclic) bond motifs is 2. The van der Waals surface area contributed by atoms with E-state index in [1.807, 2.05) is 32.2 Å². The number of aliphatic imine (C=N–C) groups is 1. The van der Waals surface area contributed by atoms with Crippen LogP contribution in [-0.2, 0) is 6.42 Å². The summed E-state index contributed by atoms with van der Waals surface area (Å²) in [5, 5.41) is 48.6. The summed E-state index contributed by atoms with van der Waals surface area (Å²) >= 11 is 0. The lowest BCUT2D eigenvalue weighted by molar-refractivity contribution is -0.0550. The molecule has 2 saturated carbocycles. The van der Waals surface area contributed by atoms with Gasteiger partial charge in [0, 0.05) is 38.6 Å². The summed E-state index contributed by atoms with van der Waals surface area (Å²) in [6.45, 7) is 5.32. The summed E-state index contributed by atoms with van der Waals surface area (Å²) in [4.78, 5) is 4.96. The zero-order valence-corrected chi connectivity index (χ0v) is 27.9. The second-order valence-electron chi connectivity index (χ2n) is 13.7. The number of aliphatic hydroxyl groups excluding tert-OH is 3. The van der Waals surface area contributed by atoms with Gasteiger partial charge in [0.15, 0.2) is 17.6 Å². The quantitative estimate of drug-likeness (QED) is 0.112. The number of nitrogens with one attached hydrogen (secondary N) is 2. The maximum atomic E-state index is 11.3. The van der Waals surface area contributed by atoms with Crippen LogP contribution in [0.4, 0.5) is 0 Å². The van der Waals surface area contributed by atoms with Gasteiger partial charge in [-0.05, 0) is 75.6 Å². The molecular formula is C37H56N3O6+. The summed E-state index contributed by atoms with van der Waals surface area (Å²) in [5.74, 6) is 3.07. The Bertz CT molecular complexity index is 1230. The highest BCUT2D eigenvalue weighted by atomic mass is 16.5. The van der Waals surface area contributed by atoms with E-state index in [1.165, 1.54) is 25.2 Å². The largest absolute Gasteiger partial charge is 0.504 e. The Kier molecular flexibility index (Phi) is 12.5. The van der Waals surface area contributed by atoms with Gasteiger partial charge in [-0.15, -0.1) is 16.6 Å². The smallest absolute Gasteiger partial charge is 0.208 e. The van der Waals surface area contributed by atoms with Crippen LogP contribution in [0.5, 0.6) is 11.5 Å². The van der Waals surface area contributed by atoms with Crippen molar-refractivity contribution in [3.05, 3.63) is 59.2 Å². The predicted octanol–water partition coefficient (Wildman–Crippen LogP) is 3.91. The third kappa shape index (κ3) is 8.48. The Morgan fingerprint density at radius 2 is 2.04 bits per heavy atom. The number of aliphatic hydroxyl groups is 5. The molecule has 2 aliphatic heterocycles. The minimum Gasteiger partial charge on any atom is -0.504 e. The number of ether oxygens (including phenoxy) is 2. The SMILES string of the molecule is CCCCC1[OH+][C-](CCc2ccc(O)c(OC[C@H](O)C3=C[C+]4C(=N3)CC[C@H]3CCC[C@@H]3[C@@H]4[C@H](CNC)NC[C@H](C)O)c2)C=C1CO. The minimum atomic E-state index is -0.932. The third-order valence-electron chi connectivity index (χ3n) is 10.3. The molecule has 0 aromatic heterocycles. The van der Waals surface area contributed by atoms with Crippen LogP contribution in [0.25, 0.3) is 0 Å². The Balaban J connectivity index is 1.22. The number of phenolic OH excluding ortho intramolecular Hbond substituents is 1. The normalized spacial score (nSPS) is 26.2. The van der Waals surface area contributed by atoms with Gasteiger partial charge >= 0.3 is 0 Å². The van der Waals surface area contributed by atoms with Crippen LogP contribution in [0.15, 0.2) is 46.6 Å². The van der Waals surface area contributed by atoms with Gasteiger partial charge < -0.3 is 40.5 Å². The first-order chi connectivity index (χ1) is 22.3. The van der Waals surface area contributed by atoms with Crippen LogP contribution in [0, 0.1) is 29.8 Å². The second kappa shape index (κ2) is 16.5. The number of phenols is 1. The lowest BCUT2D eigenvalue weighted by atomic mass is 9.72. The number of benzene rings is 1. The lowest BCUT2D eigenvalue weighted by Crippen LogP contribution is -2.50. The van der Waals surface area contributed by atoms with Crippen LogP contribution >= 0.6 is 0 Å². The van der Waals surface area contributed by atoms with E-state index < -0.39 is 12.2 Å². The molecule has 1 aromatic carbocycles. The zero-order valence-electron chi connectivity index (χ0n) is 27.9. The van der Waals surface area contributed by atoms with Crippen LogP contribution in [-0.4, -0.2) is 88.6 Å². The molecule has 2 fully saturated rings. The van der Waals surface area contributed by atoms with Crippen molar-refractivity contribution in [2.45, 2.75) is 102 Å². The fraction of sp³-hybridized carbons (Fsp3) is 0.649. The van der Waals surface area contributed by atoms with E-state index in [0.29, 0.717) is 29.8 Å². The van der Waals surface area contributed by atoms with Gasteiger partial charge in [0.2, 0.25) is 5.70 Å². The maximum Gasteiger partial charge on any atom is 0.208 e. The molecule has 9 nitrogen and oxygen atoms in total. The van der Waals surface area contributed by atoms with Crippen molar-refractivity contribution in [2.75, 3.05) is 33.4 Å². The fourth-order valence-corrected chi connectivity index (χ4v) is 7.91. The fourth-order valence-electron chi connectivity index (χ4n) is 7.91. The molecule has 0 saturated heterocycles. The van der Waals surface area contributed by atoms with E-state index in [4.69, 9.17) is 14.5 Å². The molecule has 7 N–H and O–H groups in total. The average Bonchev–Trinajstić information content (AvgIpc) is 3.77. The Labute approximate surface area is 275 Å². The summed E-state index contributed by atoms with van der Waals surface area (Å²) in [7, 11) is 1.97. The lowest BCUT2D eigenvalue weighted by Gasteiger charge is -2.33. The van der Waals surface area contributed by atoms with Gasteiger partial charge in [-0.3, -0.25) is 0 Å². The first-order valence-corrected chi connectivity index (χ1v) is 17.5. The molecule has 1 unspecified atom stereocenters. The molecule has 0 radical (unpaired) electrons. The Morgan fingerprint density at radius 1 is 1.20 bits per heavy atom. The van der Waals surface area contributed by atoms with Crippen molar-refractivity contribution in [2.24, 2.45) is 22.7 Å². The predicted molar refractivity (Wildman–Crippen MR) is 182 cm³/mol. The van der Waals surface area contributed by atoms with Gasteiger partial charge in [-0.1, -0.05) is 32.3 Å². The standard InChI is InChI=1S/C37H55N3O6/c1-4-5-9-35-26(21-41)17-27(46-35)13-10-24-11-15-33(43)36(16-24)45-22-34(44)31-18-29-30(40-31)14-12-25-7-6-8-28(25)37(29)32(20-38-3)39-19-23(2)42/h11,15-18,23,25,28,32,34-35,37-39,41-42,44,46H,4-10,12-14,19-22H2,1-3H3/p+1/t23-,25+,28-,32-,34-,35?,37-/m0/s1. The number of nitrogens with zero attached hydrogens (tertiary/aromatic N) is 1. The average molecular weight is 639 g/mol. The topological polar surface area (TPSA) is 139 Å². The van der Waals surface area contributed by atoms with Crippen LogP contribution in [0.2, 0.25) is 0 Å². The monoisotopic (exact) mass is 638 g/mol. The number of hydrogen-bond donors (Lipinski definition) is 6. The molecule has 1 aromatic rings. The first-order valence-electron chi connectivity index (χ1n) is 17.5. The van der Waals surface area contributed by atoms with Crippen molar-refractivity contribution in [3.63, 3.8) is 0 Å². The number of unbranched alkanes of at least 4 members (excludes halogenated alkanes) is 1. The van der Waals surface area contributed by atoms with Gasteiger partial charge in [0.05, 0.1) is 18.1 Å². The molecule has 7 atom stereocenters. The van der Waals surface area contributed by atoms with Crippen LogP contribution in [0.3, 0.4) is 0 Å². The number of hydrogen-bond acceptors (Lipinski definition) is 8. The summed E-state index contributed by atoms with van der Waals surface area (Å²) in [6.07, 6.45) is 14.2. The van der Waals surface area contributed by atoms with E-state index in [0.717, 1.165) is 74.4 Å². The minimum absolute atomic E-state index is 0.0156. The van der Waals surface area contributed by atoms with Crippen LogP contribution < -0.4 is 15.4 Å². The van der Waals surface area contributed by atoms with Crippen molar-refractivity contribution >= 4 is 5.71 Å². The molecule has 0 bridgehead atoms. The van der Waals surface area contributed by atoms with Gasteiger partial charge in [-0.25, -0.2) is 0 Å². The third-order valence-corrected chi connectivity index (χ3v) is 10.3. The summed E-state index contributed by atoms with van der Waals surface area (Å²) in [5.41, 5.74) is 3.69. The number of allylic oxidation sites excluding steroid dienone is 1. The molecule has 4 aliphatic rings. The highest BCUT2D eigenvalue weighted by Crippen LogP contribution is 2.49. The van der Waals surface area contributed by atoms with Crippen molar-refractivity contribution in [1.29, 1.82) is 0 Å². The molecule has 0 amide bonds. The molecule has 0 spiro atoms. The second-order valence-corrected chi connectivity index (χ2v) is 13.7. The number of rotatable bonds is 17. The van der Waals surface area contributed by atoms with Crippen LogP contribution in [0.1, 0.15) is 77.2 Å². The molecule has 2 heterocycles. The Hall–Kier alpha value is -2.53. The molecule has 254 valence electrons. The maximum absolute atomic E-state index is 11.3. The zero-order chi connectivity index (χ0) is 32.6. The first kappa shape index (κ1) is 34.8. The highest BCUT2D eigenvalue weighted by Gasteiger charge is 2.52. The van der Waals surface area contributed by atoms with Gasteiger partial charge in [0.25, 0.3) is 0 Å². The highest BCUT2D eigenvalue weighted by molar-refractivity contribution is 6.03. The van der Waals surface area contributed by atoms with E-state index in [1.54, 1.807) is 6.07 Å². The van der Waals surface area contributed by atoms with E-state index in [-0.39, 0.29) is 37.0 Å². The van der Waals surface area contributed by atoms with E-state index in [9.17, 15) is 20.4 Å². The number of likely N-dealkylation sites (N-methyl/N-ethyl adjacent to an activating group) is 1. The van der Waals surface area contributed by atoms with Crippen molar-refractivity contribution in [1.82, 2.24) is 10.6 Å². The van der Waals surface area contributed by atoms with E-state index >= 15 is 0 Å². The van der Waals surface area contributed by atoms with Gasteiger partial charge in [0.1, 0.15) is 30.4 Å². The summed E-state index contributed by atoms with van der Waals surface area (Å²) < 4.78 is 10.8. The molecule has 2 aliphatic carbocycles. The van der Waals surface area contributed by atoms with Crippen molar-refractivity contribution in [3.8, 4) is 11.5 Å². The van der Waals surface area contributed by atoms with E-state index in [2.05, 4.69) is 23.6 Å². The molecule has 46 heavy (non-hydrogen) atoms. The molecule has 9 heteroatoms. The van der Waals surface area contributed by atoms with Gasteiger partial charge in [-0.2, -0.15) is 0 Å².